The van der Waals surface area contributed by atoms with Crippen LogP contribution in [0.5, 0.6) is 5.75 Å². The van der Waals surface area contributed by atoms with Crippen molar-refractivity contribution < 1.29 is 17.9 Å². The third-order valence-electron chi connectivity index (χ3n) is 4.71. The predicted octanol–water partition coefficient (Wildman–Crippen LogP) is 4.78. The average Bonchev–Trinajstić information content (AvgIpc) is 2.76. The summed E-state index contributed by atoms with van der Waals surface area (Å²) in [6.07, 6.45) is 2.85. The number of carbonyl (C=O) groups excluding carboxylic acids is 1. The van der Waals surface area contributed by atoms with Crippen LogP contribution in [0, 0.1) is 6.92 Å². The number of hydrogen-bond donors (Lipinski definition) is 1. The normalized spacial score (nSPS) is 10.9. The summed E-state index contributed by atoms with van der Waals surface area (Å²) < 4.78 is 31.5. The lowest BCUT2D eigenvalue weighted by molar-refractivity contribution is 0.102. The Morgan fingerprint density at radius 1 is 1.06 bits per heavy atom. The SMILES string of the molecule is C=CCOc1ccc(NC(=O)c2ccc(CN(c3cccc(C)c3)S(C)(=O)=O)cc2)cc1. The highest BCUT2D eigenvalue weighted by Gasteiger charge is 2.18. The summed E-state index contributed by atoms with van der Waals surface area (Å²) in [5.41, 5.74) is 3.48. The maximum atomic E-state index is 12.6. The Morgan fingerprint density at radius 3 is 2.34 bits per heavy atom. The summed E-state index contributed by atoms with van der Waals surface area (Å²) in [7, 11) is -3.47. The molecule has 0 fully saturated rings. The lowest BCUT2D eigenvalue weighted by atomic mass is 10.1. The molecule has 0 unspecified atom stereocenters. The van der Waals surface area contributed by atoms with Crippen LogP contribution in [0.15, 0.2) is 85.5 Å². The van der Waals surface area contributed by atoms with Crippen molar-refractivity contribution in [2.75, 3.05) is 22.5 Å². The molecule has 166 valence electrons. The van der Waals surface area contributed by atoms with Crippen molar-refractivity contribution in [1.82, 2.24) is 0 Å². The summed E-state index contributed by atoms with van der Waals surface area (Å²) in [4.78, 5) is 12.6. The van der Waals surface area contributed by atoms with Crippen molar-refractivity contribution in [1.29, 1.82) is 0 Å². The molecule has 0 saturated heterocycles. The molecule has 3 aromatic carbocycles. The van der Waals surface area contributed by atoms with Crippen LogP contribution in [0.2, 0.25) is 0 Å². The first-order chi connectivity index (χ1) is 15.3. The lowest BCUT2D eigenvalue weighted by Gasteiger charge is -2.23. The van der Waals surface area contributed by atoms with Gasteiger partial charge in [0.25, 0.3) is 5.91 Å². The molecule has 0 spiro atoms. The molecule has 0 saturated carbocycles. The van der Waals surface area contributed by atoms with Gasteiger partial charge in [0.1, 0.15) is 12.4 Å². The molecule has 0 radical (unpaired) electrons. The minimum Gasteiger partial charge on any atom is -0.490 e. The van der Waals surface area contributed by atoms with E-state index < -0.39 is 10.0 Å². The van der Waals surface area contributed by atoms with Gasteiger partial charge in [0.05, 0.1) is 18.5 Å². The Hall–Kier alpha value is -3.58. The number of benzene rings is 3. The van der Waals surface area contributed by atoms with Gasteiger partial charge in [-0.3, -0.25) is 9.10 Å². The number of ether oxygens (including phenoxy) is 1. The molecule has 0 atom stereocenters. The van der Waals surface area contributed by atoms with Gasteiger partial charge in [-0.15, -0.1) is 0 Å². The molecule has 0 bridgehead atoms. The van der Waals surface area contributed by atoms with Crippen LogP contribution < -0.4 is 14.4 Å². The van der Waals surface area contributed by atoms with Crippen LogP contribution in [0.3, 0.4) is 0 Å². The van der Waals surface area contributed by atoms with E-state index in [1.807, 2.05) is 25.1 Å². The van der Waals surface area contributed by atoms with E-state index in [0.29, 0.717) is 29.3 Å². The smallest absolute Gasteiger partial charge is 0.255 e. The maximum Gasteiger partial charge on any atom is 0.255 e. The average molecular weight is 451 g/mol. The molecule has 1 N–H and O–H groups in total. The van der Waals surface area contributed by atoms with Crippen LogP contribution in [0.1, 0.15) is 21.5 Å². The van der Waals surface area contributed by atoms with E-state index in [2.05, 4.69) is 11.9 Å². The van der Waals surface area contributed by atoms with Gasteiger partial charge < -0.3 is 10.1 Å². The van der Waals surface area contributed by atoms with Gasteiger partial charge in [0, 0.05) is 11.3 Å². The number of amides is 1. The summed E-state index contributed by atoms with van der Waals surface area (Å²) in [5.74, 6) is 0.436. The second kappa shape index (κ2) is 10.2. The number of sulfonamides is 1. The van der Waals surface area contributed by atoms with E-state index in [1.165, 1.54) is 10.6 Å². The third kappa shape index (κ3) is 6.21. The number of anilines is 2. The molecular formula is C25H26N2O4S. The highest BCUT2D eigenvalue weighted by molar-refractivity contribution is 7.92. The van der Waals surface area contributed by atoms with Gasteiger partial charge in [0.2, 0.25) is 10.0 Å². The Kier molecular flexibility index (Phi) is 7.33. The number of rotatable bonds is 9. The summed E-state index contributed by atoms with van der Waals surface area (Å²) in [6.45, 7) is 6.11. The van der Waals surface area contributed by atoms with Crippen molar-refractivity contribution >= 4 is 27.3 Å². The lowest BCUT2D eigenvalue weighted by Crippen LogP contribution is -2.29. The fourth-order valence-electron chi connectivity index (χ4n) is 3.10. The van der Waals surface area contributed by atoms with E-state index in [0.717, 1.165) is 11.1 Å². The fraction of sp³-hybridized carbons (Fsp3) is 0.160. The first-order valence-electron chi connectivity index (χ1n) is 10.0. The van der Waals surface area contributed by atoms with Gasteiger partial charge in [-0.05, 0) is 66.6 Å². The van der Waals surface area contributed by atoms with Crippen molar-refractivity contribution in [2.45, 2.75) is 13.5 Å². The van der Waals surface area contributed by atoms with Crippen LogP contribution in [-0.4, -0.2) is 27.2 Å². The maximum absolute atomic E-state index is 12.6. The van der Waals surface area contributed by atoms with Crippen molar-refractivity contribution in [3.63, 3.8) is 0 Å². The van der Waals surface area contributed by atoms with Gasteiger partial charge in [0.15, 0.2) is 0 Å². The summed E-state index contributed by atoms with van der Waals surface area (Å²) >= 11 is 0. The molecular weight excluding hydrogens is 424 g/mol. The van der Waals surface area contributed by atoms with E-state index in [1.54, 1.807) is 60.7 Å². The van der Waals surface area contributed by atoms with Gasteiger partial charge in [-0.25, -0.2) is 8.42 Å². The number of carbonyl (C=O) groups is 1. The molecule has 3 aromatic rings. The van der Waals surface area contributed by atoms with Gasteiger partial charge in [-0.1, -0.05) is 36.9 Å². The second-order valence-electron chi connectivity index (χ2n) is 7.38. The number of nitrogens with zero attached hydrogens (tertiary/aromatic N) is 1. The van der Waals surface area contributed by atoms with Gasteiger partial charge in [-0.2, -0.15) is 0 Å². The third-order valence-corrected chi connectivity index (χ3v) is 5.85. The van der Waals surface area contributed by atoms with Crippen molar-refractivity contribution in [2.24, 2.45) is 0 Å². The zero-order valence-corrected chi connectivity index (χ0v) is 18.9. The highest BCUT2D eigenvalue weighted by Crippen LogP contribution is 2.22. The first kappa shape index (κ1) is 23.1. The summed E-state index contributed by atoms with van der Waals surface area (Å²) in [5, 5.41) is 2.84. The monoisotopic (exact) mass is 450 g/mol. The van der Waals surface area contributed by atoms with Crippen molar-refractivity contribution in [3.05, 3.63) is 102 Å². The zero-order chi connectivity index (χ0) is 23.1. The quantitative estimate of drug-likeness (QED) is 0.476. The van der Waals surface area contributed by atoms with Crippen LogP contribution >= 0.6 is 0 Å². The molecule has 0 aliphatic rings. The number of hydrogen-bond acceptors (Lipinski definition) is 4. The molecule has 1 amide bonds. The van der Waals surface area contributed by atoms with E-state index in [-0.39, 0.29) is 12.5 Å². The Labute approximate surface area is 189 Å². The van der Waals surface area contributed by atoms with Gasteiger partial charge >= 0.3 is 0 Å². The van der Waals surface area contributed by atoms with Crippen LogP contribution in [-0.2, 0) is 16.6 Å². The molecule has 0 heterocycles. The highest BCUT2D eigenvalue weighted by atomic mass is 32.2. The molecule has 0 aromatic heterocycles. The number of nitrogens with one attached hydrogen (secondary N) is 1. The zero-order valence-electron chi connectivity index (χ0n) is 18.1. The Balaban J connectivity index is 1.69. The number of aryl methyl sites for hydroxylation is 1. The molecule has 6 nitrogen and oxygen atoms in total. The molecule has 32 heavy (non-hydrogen) atoms. The fourth-order valence-corrected chi connectivity index (χ4v) is 3.98. The van der Waals surface area contributed by atoms with E-state index in [4.69, 9.17) is 4.74 Å². The second-order valence-corrected chi connectivity index (χ2v) is 9.29. The Morgan fingerprint density at radius 2 is 1.75 bits per heavy atom. The standard InChI is InChI=1S/C25H26N2O4S/c1-4-16-31-24-14-12-22(13-15-24)26-25(28)21-10-8-20(9-11-21)18-27(32(3,29)30)23-7-5-6-19(2)17-23/h4-15,17H,1,16,18H2,2-3H3,(H,26,28). The van der Waals surface area contributed by atoms with Crippen LogP contribution in [0.4, 0.5) is 11.4 Å². The Bertz CT molecular complexity index is 1190. The van der Waals surface area contributed by atoms with Crippen LogP contribution in [0.25, 0.3) is 0 Å². The topological polar surface area (TPSA) is 75.7 Å². The van der Waals surface area contributed by atoms with E-state index >= 15 is 0 Å². The predicted molar refractivity (Wildman–Crippen MR) is 129 cm³/mol. The van der Waals surface area contributed by atoms with Crippen molar-refractivity contribution in [3.8, 4) is 5.75 Å². The minimum absolute atomic E-state index is 0.177. The minimum atomic E-state index is -3.47. The van der Waals surface area contributed by atoms with E-state index in [9.17, 15) is 13.2 Å². The summed E-state index contributed by atoms with van der Waals surface area (Å²) in [6, 6.07) is 21.3. The molecule has 3 rings (SSSR count). The largest absolute Gasteiger partial charge is 0.490 e. The first-order valence-corrected chi connectivity index (χ1v) is 11.9. The molecule has 0 aliphatic heterocycles. The molecule has 0 aliphatic carbocycles. The molecule has 7 heteroatoms.